The Bertz CT molecular complexity index is 389. The van der Waals surface area contributed by atoms with Crippen molar-refractivity contribution in [3.8, 4) is 0 Å². The number of rotatable bonds is 10. The summed E-state index contributed by atoms with van der Waals surface area (Å²) in [4.78, 5) is 0. The van der Waals surface area contributed by atoms with Gasteiger partial charge in [0.05, 0.1) is 0 Å². The molecule has 2 unspecified atom stereocenters. The van der Waals surface area contributed by atoms with Crippen LogP contribution in [0.2, 0.25) is 0 Å². The van der Waals surface area contributed by atoms with E-state index in [1.54, 1.807) is 5.56 Å². The van der Waals surface area contributed by atoms with Gasteiger partial charge in [-0.25, -0.2) is 0 Å². The van der Waals surface area contributed by atoms with Crippen molar-refractivity contribution in [2.75, 3.05) is 0 Å². The molecule has 0 saturated heterocycles. The lowest BCUT2D eigenvalue weighted by molar-refractivity contribution is 0.390. The molecule has 0 bridgehead atoms. The molecule has 1 aromatic carbocycles. The second-order valence-electron chi connectivity index (χ2n) is 6.26. The number of fused-ring (bicyclic) bond motifs is 1. The van der Waals surface area contributed by atoms with Gasteiger partial charge in [-0.2, -0.15) is 0 Å². The van der Waals surface area contributed by atoms with Crippen molar-refractivity contribution in [1.82, 2.24) is 5.43 Å². The normalized spacial score (nSPS) is 18.4. The molecule has 2 atom stereocenters. The van der Waals surface area contributed by atoms with E-state index in [4.69, 9.17) is 5.84 Å². The van der Waals surface area contributed by atoms with E-state index in [0.717, 1.165) is 5.92 Å². The molecule has 2 nitrogen and oxygen atoms in total. The molecule has 3 N–H and O–H groups in total. The van der Waals surface area contributed by atoms with Gasteiger partial charge in [0.25, 0.3) is 0 Å². The third-order valence-electron chi connectivity index (χ3n) is 4.67. The van der Waals surface area contributed by atoms with Crippen molar-refractivity contribution in [1.29, 1.82) is 0 Å². The average Bonchev–Trinajstić information content (AvgIpc) is 2.46. The van der Waals surface area contributed by atoms with Gasteiger partial charge in [0.15, 0.2) is 0 Å². The fourth-order valence-electron chi connectivity index (χ4n) is 3.36. The SMILES string of the molecule is CCCCCCCCC(CC1Cc2ccccc21)NN. The maximum absolute atomic E-state index is 5.73. The van der Waals surface area contributed by atoms with Crippen molar-refractivity contribution < 1.29 is 0 Å². The first-order valence-electron chi connectivity index (χ1n) is 8.39. The minimum Gasteiger partial charge on any atom is -0.271 e. The number of benzene rings is 1. The van der Waals surface area contributed by atoms with Crippen LogP contribution in [0.3, 0.4) is 0 Å². The minimum absolute atomic E-state index is 0.486. The molecule has 0 aromatic heterocycles. The lowest BCUT2D eigenvalue weighted by Crippen LogP contribution is -2.37. The molecule has 2 rings (SSSR count). The van der Waals surface area contributed by atoms with Crippen LogP contribution in [0.4, 0.5) is 0 Å². The molecule has 0 radical (unpaired) electrons. The summed E-state index contributed by atoms with van der Waals surface area (Å²) in [6.07, 6.45) is 11.8. The van der Waals surface area contributed by atoms with Crippen LogP contribution < -0.4 is 11.3 Å². The fraction of sp³-hybridized carbons (Fsp3) is 0.667. The van der Waals surface area contributed by atoms with Gasteiger partial charge in [0, 0.05) is 6.04 Å². The molecule has 1 aliphatic carbocycles. The zero-order chi connectivity index (χ0) is 14.2. The first kappa shape index (κ1) is 15.5. The molecule has 20 heavy (non-hydrogen) atoms. The highest BCUT2D eigenvalue weighted by molar-refractivity contribution is 5.39. The van der Waals surface area contributed by atoms with E-state index in [1.807, 2.05) is 0 Å². The smallest absolute Gasteiger partial charge is 0.0216 e. The summed E-state index contributed by atoms with van der Waals surface area (Å²) >= 11 is 0. The zero-order valence-corrected chi connectivity index (χ0v) is 12.9. The van der Waals surface area contributed by atoms with Crippen LogP contribution in [0.25, 0.3) is 0 Å². The Labute approximate surface area is 124 Å². The van der Waals surface area contributed by atoms with Crippen LogP contribution in [0.5, 0.6) is 0 Å². The van der Waals surface area contributed by atoms with E-state index in [0.29, 0.717) is 6.04 Å². The predicted molar refractivity (Wildman–Crippen MR) is 86.6 cm³/mol. The van der Waals surface area contributed by atoms with E-state index < -0.39 is 0 Å². The van der Waals surface area contributed by atoms with E-state index in [-0.39, 0.29) is 0 Å². The molecule has 0 spiro atoms. The van der Waals surface area contributed by atoms with Gasteiger partial charge in [-0.3, -0.25) is 11.3 Å². The van der Waals surface area contributed by atoms with Crippen molar-refractivity contribution in [3.63, 3.8) is 0 Å². The van der Waals surface area contributed by atoms with Crippen LogP contribution >= 0.6 is 0 Å². The van der Waals surface area contributed by atoms with Gasteiger partial charge in [0.1, 0.15) is 0 Å². The summed E-state index contributed by atoms with van der Waals surface area (Å²) in [5.74, 6) is 6.46. The maximum Gasteiger partial charge on any atom is 0.0216 e. The summed E-state index contributed by atoms with van der Waals surface area (Å²) in [5.41, 5.74) is 6.12. The third kappa shape index (κ3) is 4.32. The standard InChI is InChI=1S/C18H30N2/c1-2-3-4-5-6-7-11-17(20-19)14-16-13-15-10-8-9-12-18(15)16/h8-10,12,16-17,20H,2-7,11,13-14,19H2,1H3. The summed E-state index contributed by atoms with van der Waals surface area (Å²) in [6, 6.07) is 9.32. The molecule has 0 saturated carbocycles. The van der Waals surface area contributed by atoms with Crippen LogP contribution in [-0.4, -0.2) is 6.04 Å². The molecule has 112 valence electrons. The number of nitrogens with two attached hydrogens (primary N) is 1. The van der Waals surface area contributed by atoms with E-state index in [1.165, 1.54) is 63.4 Å². The van der Waals surface area contributed by atoms with Crippen molar-refractivity contribution in [2.24, 2.45) is 5.84 Å². The predicted octanol–water partition coefficient (Wildman–Crippen LogP) is 4.30. The number of nitrogens with one attached hydrogen (secondary N) is 1. The van der Waals surface area contributed by atoms with Crippen molar-refractivity contribution >= 4 is 0 Å². The van der Waals surface area contributed by atoms with E-state index in [9.17, 15) is 0 Å². The lowest BCUT2D eigenvalue weighted by Gasteiger charge is -2.33. The van der Waals surface area contributed by atoms with Crippen molar-refractivity contribution in [2.45, 2.75) is 76.7 Å². The number of hydrogen-bond donors (Lipinski definition) is 2. The quantitative estimate of drug-likeness (QED) is 0.379. The largest absolute Gasteiger partial charge is 0.271 e. The molecule has 0 fully saturated rings. The Kier molecular flexibility index (Phi) is 6.55. The second kappa shape index (κ2) is 8.43. The Balaban J connectivity index is 1.64. The fourth-order valence-corrected chi connectivity index (χ4v) is 3.36. The molecule has 1 aromatic rings. The first-order valence-corrected chi connectivity index (χ1v) is 8.39. The molecule has 0 heterocycles. The van der Waals surface area contributed by atoms with Gasteiger partial charge in [-0.15, -0.1) is 0 Å². The van der Waals surface area contributed by atoms with Crippen LogP contribution in [-0.2, 0) is 6.42 Å². The van der Waals surface area contributed by atoms with Gasteiger partial charge in [-0.1, -0.05) is 69.7 Å². The highest BCUT2D eigenvalue weighted by atomic mass is 15.2. The van der Waals surface area contributed by atoms with Crippen LogP contribution in [0.1, 0.15) is 75.3 Å². The maximum atomic E-state index is 5.73. The zero-order valence-electron chi connectivity index (χ0n) is 12.9. The third-order valence-corrected chi connectivity index (χ3v) is 4.67. The summed E-state index contributed by atoms with van der Waals surface area (Å²) in [6.45, 7) is 2.27. The van der Waals surface area contributed by atoms with Crippen LogP contribution in [0.15, 0.2) is 24.3 Å². The van der Waals surface area contributed by atoms with Gasteiger partial charge >= 0.3 is 0 Å². The highest BCUT2D eigenvalue weighted by Gasteiger charge is 2.27. The molecular weight excluding hydrogens is 244 g/mol. The summed E-state index contributed by atoms with van der Waals surface area (Å²) in [5, 5.41) is 0. The number of hydrogen-bond acceptors (Lipinski definition) is 2. The molecular formula is C18H30N2. The Hall–Kier alpha value is -0.860. The van der Waals surface area contributed by atoms with E-state index in [2.05, 4.69) is 36.6 Å². The van der Waals surface area contributed by atoms with Gasteiger partial charge in [-0.05, 0) is 36.3 Å². The van der Waals surface area contributed by atoms with Gasteiger partial charge in [0.2, 0.25) is 0 Å². The number of unbranched alkanes of at least 4 members (excludes halogenated alkanes) is 5. The highest BCUT2D eigenvalue weighted by Crippen LogP contribution is 2.38. The topological polar surface area (TPSA) is 38.0 Å². The molecule has 1 aliphatic rings. The molecule has 0 amide bonds. The first-order chi connectivity index (χ1) is 9.85. The van der Waals surface area contributed by atoms with E-state index >= 15 is 0 Å². The molecule has 2 heteroatoms. The molecule has 0 aliphatic heterocycles. The van der Waals surface area contributed by atoms with Crippen molar-refractivity contribution in [3.05, 3.63) is 35.4 Å². The Morgan fingerprint density at radius 3 is 2.65 bits per heavy atom. The number of hydrazine groups is 1. The summed E-state index contributed by atoms with van der Waals surface area (Å²) in [7, 11) is 0. The summed E-state index contributed by atoms with van der Waals surface area (Å²) < 4.78 is 0. The van der Waals surface area contributed by atoms with Crippen LogP contribution in [0, 0.1) is 0 Å². The minimum atomic E-state index is 0.486. The Morgan fingerprint density at radius 1 is 1.15 bits per heavy atom. The average molecular weight is 274 g/mol. The lowest BCUT2D eigenvalue weighted by atomic mass is 9.74. The monoisotopic (exact) mass is 274 g/mol. The second-order valence-corrected chi connectivity index (χ2v) is 6.26. The van der Waals surface area contributed by atoms with Gasteiger partial charge < -0.3 is 0 Å². The Morgan fingerprint density at radius 2 is 1.90 bits per heavy atom.